The van der Waals surface area contributed by atoms with Crippen LogP contribution in [-0.2, 0) is 55.8 Å². The average Bonchev–Trinajstić information content (AvgIpc) is 3.63. The van der Waals surface area contributed by atoms with Crippen LogP contribution in [0.2, 0.25) is 0 Å². The lowest BCUT2D eigenvalue weighted by atomic mass is 10.0. The SMILES string of the molecule is CC/C=C\C/C=C\C/C=C\C/C=C\C/C=C\CCCCCCCCCC(=O)OCC(O)COP(=O)(O)OCC(O)COP(=O)(O)OCC(COC(=O)CCCCCCCCCCCCCCCCC)OC(=O)CCCCCCCCCCCCCCC. The van der Waals surface area contributed by atoms with E-state index in [0.29, 0.717) is 19.3 Å². The van der Waals surface area contributed by atoms with Gasteiger partial charge in [0.2, 0.25) is 0 Å². The van der Waals surface area contributed by atoms with Gasteiger partial charge in [-0.15, -0.1) is 0 Å². The van der Waals surface area contributed by atoms with Crippen molar-refractivity contribution >= 4 is 33.6 Å². The Kier molecular flexibility index (Phi) is 61.4. The monoisotopic (exact) mass is 1270 g/mol. The molecule has 0 saturated heterocycles. The van der Waals surface area contributed by atoms with Gasteiger partial charge in [-0.05, 0) is 64.2 Å². The Balaban J connectivity index is 4.55. The van der Waals surface area contributed by atoms with Crippen molar-refractivity contribution in [3.05, 3.63) is 60.8 Å². The Labute approximate surface area is 529 Å². The lowest BCUT2D eigenvalue weighted by molar-refractivity contribution is -0.161. The highest BCUT2D eigenvalue weighted by atomic mass is 31.2. The summed E-state index contributed by atoms with van der Waals surface area (Å²) in [5.74, 6) is -1.56. The van der Waals surface area contributed by atoms with Gasteiger partial charge in [-0.1, -0.05) is 281 Å². The standard InChI is InChI=1S/C69H126O16P2/c1-4-7-10-13-16-19-22-25-27-28-29-30-31-32-33-34-36-39-40-43-46-49-52-55-67(72)79-58-64(70)59-81-86(75,76)82-60-65(71)61-83-87(77,78)84-63-66(85-69(74)57-54-51-48-45-42-37-24-21-18-15-12-9-6-3)62-80-68(73)56-53-50-47-44-41-38-35-26-23-20-17-14-11-8-5-2/h7,10,16,19,25,27,29-30,32-33,64-66,70-71H,4-6,8-9,11-15,17-18,20-24,26,28,31,34-63H2,1-3H3,(H,75,76)(H,77,78)/b10-7-,19-16-,27-25-,30-29-,33-32-. The summed E-state index contributed by atoms with van der Waals surface area (Å²) in [7, 11) is -9.76. The van der Waals surface area contributed by atoms with Crippen molar-refractivity contribution in [3.63, 3.8) is 0 Å². The summed E-state index contributed by atoms with van der Waals surface area (Å²) in [6.07, 6.45) is 64.1. The van der Waals surface area contributed by atoms with E-state index >= 15 is 0 Å². The number of allylic oxidation sites excluding steroid dienone is 10. The van der Waals surface area contributed by atoms with Gasteiger partial charge < -0.3 is 34.2 Å². The quantitative estimate of drug-likeness (QED) is 0.0146. The highest BCUT2D eigenvalue weighted by molar-refractivity contribution is 7.47. The smallest absolute Gasteiger partial charge is 0.463 e. The van der Waals surface area contributed by atoms with E-state index in [1.54, 1.807) is 0 Å². The van der Waals surface area contributed by atoms with Gasteiger partial charge in [-0.2, -0.15) is 0 Å². The Morgan fingerprint density at radius 3 is 0.966 bits per heavy atom. The number of aliphatic hydroxyl groups excluding tert-OH is 2. The summed E-state index contributed by atoms with van der Waals surface area (Å²) in [5.41, 5.74) is 0. The number of carbonyl (C=O) groups is 3. The molecule has 0 spiro atoms. The number of carbonyl (C=O) groups excluding carboxylic acids is 3. The van der Waals surface area contributed by atoms with Crippen LogP contribution in [0.15, 0.2) is 60.8 Å². The molecule has 0 fully saturated rings. The van der Waals surface area contributed by atoms with Crippen LogP contribution in [0.3, 0.4) is 0 Å². The van der Waals surface area contributed by atoms with Crippen LogP contribution >= 0.6 is 15.6 Å². The second-order valence-electron chi connectivity index (χ2n) is 23.3. The molecular formula is C69H126O16P2. The maximum Gasteiger partial charge on any atom is 0.472 e. The van der Waals surface area contributed by atoms with Crippen molar-refractivity contribution in [2.75, 3.05) is 39.6 Å². The number of phosphoric acid groups is 2. The van der Waals surface area contributed by atoms with Crippen molar-refractivity contribution in [1.29, 1.82) is 0 Å². The summed E-state index contributed by atoms with van der Waals surface area (Å²) in [5, 5.41) is 20.5. The van der Waals surface area contributed by atoms with E-state index in [2.05, 4.69) is 81.5 Å². The minimum Gasteiger partial charge on any atom is -0.463 e. The van der Waals surface area contributed by atoms with Crippen molar-refractivity contribution < 1.29 is 75.8 Å². The molecule has 18 heteroatoms. The van der Waals surface area contributed by atoms with Crippen LogP contribution in [-0.4, -0.2) is 95.9 Å². The first-order valence-corrected chi connectivity index (χ1v) is 37.6. The molecule has 0 rings (SSSR count). The largest absolute Gasteiger partial charge is 0.472 e. The van der Waals surface area contributed by atoms with Crippen LogP contribution < -0.4 is 0 Å². The topological polar surface area (TPSA) is 231 Å². The molecule has 16 nitrogen and oxygen atoms in total. The number of ether oxygens (including phenoxy) is 3. The summed E-state index contributed by atoms with van der Waals surface area (Å²) >= 11 is 0. The lowest BCUT2D eigenvalue weighted by Crippen LogP contribution is -2.30. The normalized spacial score (nSPS) is 14.6. The molecule has 0 radical (unpaired) electrons. The van der Waals surface area contributed by atoms with Crippen LogP contribution in [0.5, 0.6) is 0 Å². The maximum atomic E-state index is 12.9. The molecule has 0 aliphatic rings. The van der Waals surface area contributed by atoms with E-state index in [1.807, 2.05) is 0 Å². The molecule has 0 saturated carbocycles. The van der Waals surface area contributed by atoms with Crippen molar-refractivity contribution in [3.8, 4) is 0 Å². The van der Waals surface area contributed by atoms with Crippen LogP contribution in [0.1, 0.15) is 303 Å². The molecule has 5 atom stereocenters. The van der Waals surface area contributed by atoms with Gasteiger partial charge in [-0.25, -0.2) is 9.13 Å². The molecule has 0 bridgehead atoms. The van der Waals surface area contributed by atoms with Crippen LogP contribution in [0.25, 0.3) is 0 Å². The Hall–Kier alpha value is -2.75. The molecule has 87 heavy (non-hydrogen) atoms. The van der Waals surface area contributed by atoms with Gasteiger partial charge in [-0.3, -0.25) is 32.5 Å². The fourth-order valence-corrected chi connectivity index (χ4v) is 11.1. The van der Waals surface area contributed by atoms with E-state index in [0.717, 1.165) is 122 Å². The van der Waals surface area contributed by atoms with Gasteiger partial charge in [0.25, 0.3) is 0 Å². The molecule has 5 unspecified atom stereocenters. The summed E-state index contributed by atoms with van der Waals surface area (Å²) in [6.45, 7) is 2.59. The van der Waals surface area contributed by atoms with Gasteiger partial charge in [0, 0.05) is 19.3 Å². The van der Waals surface area contributed by atoms with Gasteiger partial charge >= 0.3 is 33.6 Å². The van der Waals surface area contributed by atoms with E-state index in [4.69, 9.17) is 32.3 Å². The first-order valence-electron chi connectivity index (χ1n) is 34.6. The Bertz CT molecular complexity index is 1840. The Morgan fingerprint density at radius 1 is 0.333 bits per heavy atom. The average molecular weight is 1270 g/mol. The fraction of sp³-hybridized carbons (Fsp3) is 0.812. The molecule has 0 aliphatic carbocycles. The number of rotatable bonds is 66. The third-order valence-corrected chi connectivity index (χ3v) is 16.7. The van der Waals surface area contributed by atoms with Crippen LogP contribution in [0.4, 0.5) is 0 Å². The molecule has 0 aliphatic heterocycles. The summed E-state index contributed by atoms with van der Waals surface area (Å²) < 4.78 is 60.9. The summed E-state index contributed by atoms with van der Waals surface area (Å²) in [6, 6.07) is 0. The maximum absolute atomic E-state index is 12.9. The lowest BCUT2D eigenvalue weighted by Gasteiger charge is -2.21. The third-order valence-electron chi connectivity index (χ3n) is 14.8. The van der Waals surface area contributed by atoms with Crippen molar-refractivity contribution in [2.24, 2.45) is 0 Å². The van der Waals surface area contributed by atoms with Crippen molar-refractivity contribution in [1.82, 2.24) is 0 Å². The number of aliphatic hydroxyl groups is 2. The molecule has 0 heterocycles. The molecule has 0 aromatic heterocycles. The number of phosphoric ester groups is 2. The minimum atomic E-state index is -4.91. The molecule has 0 aromatic carbocycles. The predicted octanol–water partition coefficient (Wildman–Crippen LogP) is 19.0. The first kappa shape index (κ1) is 84.2. The highest BCUT2D eigenvalue weighted by Gasteiger charge is 2.29. The zero-order valence-corrected chi connectivity index (χ0v) is 56.7. The molecule has 508 valence electrons. The first-order chi connectivity index (χ1) is 42.2. The molecule has 0 amide bonds. The Morgan fingerprint density at radius 2 is 0.609 bits per heavy atom. The fourth-order valence-electron chi connectivity index (χ4n) is 9.48. The van der Waals surface area contributed by atoms with E-state index in [1.165, 1.54) is 122 Å². The van der Waals surface area contributed by atoms with Crippen LogP contribution in [0, 0.1) is 0 Å². The zero-order chi connectivity index (χ0) is 63.8. The number of esters is 3. The van der Waals surface area contributed by atoms with Gasteiger partial charge in [0.05, 0.1) is 26.4 Å². The number of hydrogen-bond donors (Lipinski definition) is 4. The predicted molar refractivity (Wildman–Crippen MR) is 353 cm³/mol. The molecular weight excluding hydrogens is 1150 g/mol. The van der Waals surface area contributed by atoms with Gasteiger partial charge in [0.15, 0.2) is 6.10 Å². The molecule has 0 aromatic rings. The van der Waals surface area contributed by atoms with E-state index < -0.39 is 91.5 Å². The third kappa shape index (κ3) is 64.6. The van der Waals surface area contributed by atoms with Gasteiger partial charge in [0.1, 0.15) is 25.4 Å². The van der Waals surface area contributed by atoms with E-state index in [-0.39, 0.29) is 19.3 Å². The molecule has 4 N–H and O–H groups in total. The van der Waals surface area contributed by atoms with Crippen molar-refractivity contribution in [2.45, 2.75) is 322 Å². The number of unbranched alkanes of at least 4 members (excludes halogenated alkanes) is 33. The summed E-state index contributed by atoms with van der Waals surface area (Å²) in [4.78, 5) is 58.3. The number of hydrogen-bond acceptors (Lipinski definition) is 14. The second kappa shape index (κ2) is 63.4. The second-order valence-corrected chi connectivity index (χ2v) is 26.2. The van der Waals surface area contributed by atoms with E-state index in [9.17, 15) is 43.5 Å². The zero-order valence-electron chi connectivity index (χ0n) is 54.9. The minimum absolute atomic E-state index is 0.112. The highest BCUT2D eigenvalue weighted by Crippen LogP contribution is 2.45.